The average molecular weight is 316 g/mol. The zero-order valence-corrected chi connectivity index (χ0v) is 14.8. The third-order valence-corrected chi connectivity index (χ3v) is 3.42. The van der Waals surface area contributed by atoms with E-state index in [2.05, 4.69) is 20.8 Å². The van der Waals surface area contributed by atoms with Gasteiger partial charge in [-0.1, -0.05) is 72.1 Å². The molecule has 0 spiro atoms. The summed E-state index contributed by atoms with van der Waals surface area (Å²) in [6.45, 7) is 6.56. The minimum absolute atomic E-state index is 0.331. The molecule has 0 aromatic rings. The van der Waals surface area contributed by atoms with E-state index in [-0.39, 0.29) is 0 Å². The zero-order chi connectivity index (χ0) is 17.2. The van der Waals surface area contributed by atoms with Gasteiger partial charge in [-0.25, -0.2) is 0 Å². The molecule has 0 aliphatic heterocycles. The van der Waals surface area contributed by atoms with Crippen molar-refractivity contribution in [3.8, 4) is 0 Å². The molecule has 0 aliphatic carbocycles. The SMILES string of the molecule is CC(C)CCCCCC(=O)O.CCCCCCCCC(=O)O. The highest BCUT2D eigenvalue weighted by molar-refractivity contribution is 5.66. The largest absolute Gasteiger partial charge is 0.481 e. The normalized spacial score (nSPS) is 10.2. The van der Waals surface area contributed by atoms with E-state index in [0.717, 1.165) is 31.6 Å². The Morgan fingerprint density at radius 1 is 0.727 bits per heavy atom. The predicted octanol–water partition coefficient (Wildman–Crippen LogP) is 5.50. The van der Waals surface area contributed by atoms with Crippen molar-refractivity contribution in [3.05, 3.63) is 0 Å². The Balaban J connectivity index is 0. The molecule has 0 amide bonds. The fourth-order valence-corrected chi connectivity index (χ4v) is 2.06. The van der Waals surface area contributed by atoms with Crippen molar-refractivity contribution in [1.82, 2.24) is 0 Å². The first kappa shape index (κ1) is 23.2. The van der Waals surface area contributed by atoms with Crippen LogP contribution in [0.4, 0.5) is 0 Å². The lowest BCUT2D eigenvalue weighted by molar-refractivity contribution is -0.138. The van der Waals surface area contributed by atoms with Crippen molar-refractivity contribution >= 4 is 11.9 Å². The Labute approximate surface area is 136 Å². The van der Waals surface area contributed by atoms with Crippen molar-refractivity contribution in [2.45, 2.75) is 97.8 Å². The molecule has 0 bridgehead atoms. The minimum Gasteiger partial charge on any atom is -0.481 e. The molecule has 2 N–H and O–H groups in total. The molecule has 0 fully saturated rings. The third-order valence-electron chi connectivity index (χ3n) is 3.42. The van der Waals surface area contributed by atoms with Crippen LogP contribution in [0.15, 0.2) is 0 Å². The Bertz CT molecular complexity index is 262. The number of unbranched alkanes of at least 4 members (excludes halogenated alkanes) is 7. The quantitative estimate of drug-likeness (QED) is 0.440. The number of aliphatic carboxylic acids is 2. The van der Waals surface area contributed by atoms with E-state index in [9.17, 15) is 9.59 Å². The number of carboxylic acids is 2. The molecule has 0 aromatic carbocycles. The molecular weight excluding hydrogens is 280 g/mol. The number of rotatable bonds is 13. The maximum Gasteiger partial charge on any atom is 0.303 e. The van der Waals surface area contributed by atoms with Crippen LogP contribution in [0.2, 0.25) is 0 Å². The van der Waals surface area contributed by atoms with Gasteiger partial charge >= 0.3 is 11.9 Å². The van der Waals surface area contributed by atoms with Crippen molar-refractivity contribution in [3.63, 3.8) is 0 Å². The monoisotopic (exact) mass is 316 g/mol. The fraction of sp³-hybridized carbons (Fsp3) is 0.889. The van der Waals surface area contributed by atoms with Gasteiger partial charge in [-0.3, -0.25) is 9.59 Å². The van der Waals surface area contributed by atoms with E-state index in [0.29, 0.717) is 12.8 Å². The van der Waals surface area contributed by atoms with E-state index in [1.54, 1.807) is 0 Å². The summed E-state index contributed by atoms with van der Waals surface area (Å²) in [6, 6.07) is 0. The number of carboxylic acid groups (broad SMARTS) is 2. The highest BCUT2D eigenvalue weighted by Crippen LogP contribution is 2.09. The van der Waals surface area contributed by atoms with Crippen LogP contribution in [-0.4, -0.2) is 22.2 Å². The Morgan fingerprint density at radius 3 is 1.55 bits per heavy atom. The Morgan fingerprint density at radius 2 is 1.14 bits per heavy atom. The second-order valence-electron chi connectivity index (χ2n) is 6.30. The van der Waals surface area contributed by atoms with E-state index in [1.165, 1.54) is 38.5 Å². The van der Waals surface area contributed by atoms with Crippen molar-refractivity contribution in [2.24, 2.45) is 5.92 Å². The molecule has 22 heavy (non-hydrogen) atoms. The van der Waals surface area contributed by atoms with E-state index < -0.39 is 11.9 Å². The molecule has 0 saturated carbocycles. The second-order valence-corrected chi connectivity index (χ2v) is 6.30. The summed E-state index contributed by atoms with van der Waals surface area (Å²) in [5, 5.41) is 16.6. The van der Waals surface area contributed by atoms with Gasteiger partial charge < -0.3 is 10.2 Å². The molecule has 0 atom stereocenters. The van der Waals surface area contributed by atoms with E-state index in [1.807, 2.05) is 0 Å². The molecular formula is C18H36O4. The number of carbonyl (C=O) groups is 2. The highest BCUT2D eigenvalue weighted by Gasteiger charge is 1.97. The summed E-state index contributed by atoms with van der Waals surface area (Å²) < 4.78 is 0. The van der Waals surface area contributed by atoms with Gasteiger partial charge in [-0.15, -0.1) is 0 Å². The topological polar surface area (TPSA) is 74.6 Å². The van der Waals surface area contributed by atoms with E-state index in [4.69, 9.17) is 10.2 Å². The van der Waals surface area contributed by atoms with Gasteiger partial charge in [0.2, 0.25) is 0 Å². The maximum absolute atomic E-state index is 10.1. The molecule has 4 heteroatoms. The molecule has 0 unspecified atom stereocenters. The molecule has 0 aromatic heterocycles. The molecule has 4 nitrogen and oxygen atoms in total. The smallest absolute Gasteiger partial charge is 0.303 e. The van der Waals surface area contributed by atoms with Gasteiger partial charge in [-0.2, -0.15) is 0 Å². The lowest BCUT2D eigenvalue weighted by atomic mass is 10.0. The van der Waals surface area contributed by atoms with Crippen LogP contribution in [0.25, 0.3) is 0 Å². The first-order valence-electron chi connectivity index (χ1n) is 8.83. The van der Waals surface area contributed by atoms with Crippen LogP contribution in [0, 0.1) is 5.92 Å². The number of hydrogen-bond donors (Lipinski definition) is 2. The van der Waals surface area contributed by atoms with Gasteiger partial charge in [-0.05, 0) is 18.8 Å². The maximum atomic E-state index is 10.1. The lowest BCUT2D eigenvalue weighted by Crippen LogP contribution is -1.94. The number of hydrogen-bond acceptors (Lipinski definition) is 2. The summed E-state index contributed by atoms with van der Waals surface area (Å²) in [7, 11) is 0. The van der Waals surface area contributed by atoms with Gasteiger partial charge in [0, 0.05) is 12.8 Å². The van der Waals surface area contributed by atoms with Crippen LogP contribution < -0.4 is 0 Å². The molecule has 0 heterocycles. The summed E-state index contributed by atoms with van der Waals surface area (Å²) >= 11 is 0. The zero-order valence-electron chi connectivity index (χ0n) is 14.8. The molecule has 0 rings (SSSR count). The van der Waals surface area contributed by atoms with Crippen LogP contribution in [0.3, 0.4) is 0 Å². The third kappa shape index (κ3) is 27.3. The average Bonchev–Trinajstić information content (AvgIpc) is 2.42. The first-order chi connectivity index (χ1) is 10.4. The van der Waals surface area contributed by atoms with Gasteiger partial charge in [0.1, 0.15) is 0 Å². The molecule has 0 radical (unpaired) electrons. The van der Waals surface area contributed by atoms with E-state index >= 15 is 0 Å². The van der Waals surface area contributed by atoms with Crippen molar-refractivity contribution in [1.29, 1.82) is 0 Å². The Kier molecular flexibility index (Phi) is 19.0. The summed E-state index contributed by atoms with van der Waals surface area (Å²) in [6.07, 6.45) is 11.9. The van der Waals surface area contributed by atoms with Crippen LogP contribution in [0.1, 0.15) is 97.8 Å². The highest BCUT2D eigenvalue weighted by atomic mass is 16.4. The lowest BCUT2D eigenvalue weighted by Gasteiger charge is -2.02. The summed E-state index contributed by atoms with van der Waals surface area (Å²) in [5.41, 5.74) is 0. The van der Waals surface area contributed by atoms with Gasteiger partial charge in [0.15, 0.2) is 0 Å². The van der Waals surface area contributed by atoms with Crippen LogP contribution in [0.5, 0.6) is 0 Å². The standard InChI is InChI=1S/2C9H18O2/c1-8(2)6-4-3-5-7-9(10)11;1-2-3-4-5-6-7-8-9(10)11/h8H,3-7H2,1-2H3,(H,10,11);2-8H2,1H3,(H,10,11). The Hall–Kier alpha value is -1.06. The molecule has 0 saturated heterocycles. The fourth-order valence-electron chi connectivity index (χ4n) is 2.06. The second kappa shape index (κ2) is 18.0. The van der Waals surface area contributed by atoms with Crippen molar-refractivity contribution < 1.29 is 19.8 Å². The first-order valence-corrected chi connectivity index (χ1v) is 8.83. The van der Waals surface area contributed by atoms with Crippen LogP contribution in [-0.2, 0) is 9.59 Å². The molecule has 132 valence electrons. The minimum atomic E-state index is -0.672. The summed E-state index contributed by atoms with van der Waals surface area (Å²) in [4.78, 5) is 20.2. The molecule has 0 aliphatic rings. The predicted molar refractivity (Wildman–Crippen MR) is 91.2 cm³/mol. The van der Waals surface area contributed by atoms with Gasteiger partial charge in [0.25, 0.3) is 0 Å². The van der Waals surface area contributed by atoms with Gasteiger partial charge in [0.05, 0.1) is 0 Å². The van der Waals surface area contributed by atoms with Crippen molar-refractivity contribution in [2.75, 3.05) is 0 Å². The summed E-state index contributed by atoms with van der Waals surface area (Å²) in [5.74, 6) is -0.588. The van der Waals surface area contributed by atoms with Crippen LogP contribution >= 0.6 is 0 Å².